The molecule has 0 unspecified atom stereocenters. The van der Waals surface area contributed by atoms with Gasteiger partial charge in [-0.25, -0.2) is 4.79 Å². The fraction of sp³-hybridized carbons (Fsp3) is 0.500. The first-order valence-electron chi connectivity index (χ1n) is 3.63. The van der Waals surface area contributed by atoms with Gasteiger partial charge < -0.3 is 5.32 Å². The van der Waals surface area contributed by atoms with Gasteiger partial charge in [0, 0.05) is 12.4 Å². The van der Waals surface area contributed by atoms with Crippen molar-refractivity contribution in [2.24, 2.45) is 0 Å². The molecule has 1 heterocycles. The SMILES string of the molecule is Cc1nnc(NC(=O)NCCCl)s1. The van der Waals surface area contributed by atoms with Gasteiger partial charge in [-0.3, -0.25) is 5.32 Å². The lowest BCUT2D eigenvalue weighted by molar-refractivity contribution is 0.252. The number of carbonyl (C=O) groups excluding carboxylic acids is 1. The zero-order chi connectivity index (χ0) is 9.68. The van der Waals surface area contributed by atoms with Crippen LogP contribution in [0.25, 0.3) is 0 Å². The second-order valence-corrected chi connectivity index (χ2v) is 3.76. The molecule has 2 amide bonds. The van der Waals surface area contributed by atoms with Crippen LogP contribution in [-0.2, 0) is 0 Å². The molecule has 13 heavy (non-hydrogen) atoms. The summed E-state index contributed by atoms with van der Waals surface area (Å²) < 4.78 is 0. The Hall–Kier alpha value is -0.880. The molecule has 5 nitrogen and oxygen atoms in total. The van der Waals surface area contributed by atoms with E-state index in [9.17, 15) is 4.79 Å². The quantitative estimate of drug-likeness (QED) is 0.753. The Morgan fingerprint density at radius 3 is 2.92 bits per heavy atom. The van der Waals surface area contributed by atoms with Crippen LogP contribution in [0.1, 0.15) is 5.01 Å². The molecule has 0 aliphatic rings. The number of aromatic nitrogens is 2. The van der Waals surface area contributed by atoms with E-state index in [4.69, 9.17) is 11.6 Å². The van der Waals surface area contributed by atoms with E-state index in [-0.39, 0.29) is 6.03 Å². The lowest BCUT2D eigenvalue weighted by Crippen LogP contribution is -2.30. The minimum atomic E-state index is -0.309. The van der Waals surface area contributed by atoms with Crippen molar-refractivity contribution >= 4 is 34.1 Å². The summed E-state index contributed by atoms with van der Waals surface area (Å²) in [4.78, 5) is 11.0. The van der Waals surface area contributed by atoms with Crippen molar-refractivity contribution in [3.63, 3.8) is 0 Å². The van der Waals surface area contributed by atoms with E-state index in [1.54, 1.807) is 0 Å². The van der Waals surface area contributed by atoms with Crippen LogP contribution >= 0.6 is 22.9 Å². The Labute approximate surface area is 84.5 Å². The van der Waals surface area contributed by atoms with Crippen molar-refractivity contribution in [2.75, 3.05) is 17.7 Å². The zero-order valence-corrected chi connectivity index (χ0v) is 8.58. The third-order valence-corrected chi connectivity index (χ3v) is 2.07. The zero-order valence-electron chi connectivity index (χ0n) is 7.00. The van der Waals surface area contributed by atoms with Gasteiger partial charge in [0.05, 0.1) is 0 Å². The molecule has 0 aliphatic heterocycles. The summed E-state index contributed by atoms with van der Waals surface area (Å²) in [6.07, 6.45) is 0. The van der Waals surface area contributed by atoms with Gasteiger partial charge in [-0.15, -0.1) is 21.8 Å². The monoisotopic (exact) mass is 220 g/mol. The van der Waals surface area contributed by atoms with Crippen LogP contribution in [-0.4, -0.2) is 28.7 Å². The van der Waals surface area contributed by atoms with Gasteiger partial charge in [-0.05, 0) is 6.92 Å². The summed E-state index contributed by atoms with van der Waals surface area (Å²) in [5.41, 5.74) is 0. The van der Waals surface area contributed by atoms with E-state index < -0.39 is 0 Å². The molecule has 2 N–H and O–H groups in total. The van der Waals surface area contributed by atoms with Crippen molar-refractivity contribution in [1.82, 2.24) is 15.5 Å². The van der Waals surface area contributed by atoms with E-state index in [0.717, 1.165) is 5.01 Å². The van der Waals surface area contributed by atoms with Gasteiger partial charge in [-0.2, -0.15) is 0 Å². The van der Waals surface area contributed by atoms with E-state index in [1.165, 1.54) is 11.3 Å². The molecule has 1 aromatic heterocycles. The molecule has 72 valence electrons. The standard InChI is InChI=1S/C6H9ClN4OS/c1-4-10-11-6(13-4)9-5(12)8-3-2-7/h2-3H2,1H3,(H2,8,9,11,12). The van der Waals surface area contributed by atoms with Crippen molar-refractivity contribution in [2.45, 2.75) is 6.92 Å². The molecule has 1 rings (SSSR count). The maximum atomic E-state index is 11.0. The highest BCUT2D eigenvalue weighted by molar-refractivity contribution is 7.15. The van der Waals surface area contributed by atoms with Gasteiger partial charge in [-0.1, -0.05) is 11.3 Å². The summed E-state index contributed by atoms with van der Waals surface area (Å²) in [6.45, 7) is 2.25. The Bertz CT molecular complexity index is 290. The first-order chi connectivity index (χ1) is 6.22. The van der Waals surface area contributed by atoms with Crippen LogP contribution in [0.2, 0.25) is 0 Å². The third kappa shape index (κ3) is 3.56. The van der Waals surface area contributed by atoms with Crippen molar-refractivity contribution < 1.29 is 4.79 Å². The number of nitrogens with one attached hydrogen (secondary N) is 2. The maximum absolute atomic E-state index is 11.0. The Kier molecular flexibility index (Phi) is 3.91. The van der Waals surface area contributed by atoms with Gasteiger partial charge >= 0.3 is 6.03 Å². The molecule has 0 atom stereocenters. The molecule has 0 aromatic carbocycles. The van der Waals surface area contributed by atoms with Crippen LogP contribution in [0.4, 0.5) is 9.93 Å². The summed E-state index contributed by atoms with van der Waals surface area (Å²) in [7, 11) is 0. The number of urea groups is 1. The summed E-state index contributed by atoms with van der Waals surface area (Å²) in [6, 6.07) is -0.309. The van der Waals surface area contributed by atoms with Gasteiger partial charge in [0.2, 0.25) is 5.13 Å². The lowest BCUT2D eigenvalue weighted by atomic mass is 10.7. The van der Waals surface area contributed by atoms with E-state index in [0.29, 0.717) is 17.6 Å². The number of carbonyl (C=O) groups is 1. The number of alkyl halides is 1. The van der Waals surface area contributed by atoms with Crippen LogP contribution < -0.4 is 10.6 Å². The minimum Gasteiger partial charge on any atom is -0.337 e. The first-order valence-corrected chi connectivity index (χ1v) is 4.98. The lowest BCUT2D eigenvalue weighted by Gasteiger charge is -2.01. The predicted octanol–water partition coefficient (Wildman–Crippen LogP) is 1.21. The van der Waals surface area contributed by atoms with E-state index in [2.05, 4.69) is 20.8 Å². The number of hydrogen-bond acceptors (Lipinski definition) is 4. The first kappa shape index (κ1) is 10.2. The molecule has 7 heteroatoms. The van der Waals surface area contributed by atoms with Crippen LogP contribution in [0.5, 0.6) is 0 Å². The predicted molar refractivity (Wildman–Crippen MR) is 52.4 cm³/mol. The van der Waals surface area contributed by atoms with Gasteiger partial charge in [0.1, 0.15) is 5.01 Å². The number of halogens is 1. The normalized spacial score (nSPS) is 9.69. The molecule has 1 aromatic rings. The summed E-state index contributed by atoms with van der Waals surface area (Å²) in [5.74, 6) is 0.391. The molecule has 0 spiro atoms. The van der Waals surface area contributed by atoms with Crippen LogP contribution in [0.15, 0.2) is 0 Å². The maximum Gasteiger partial charge on any atom is 0.321 e. The third-order valence-electron chi connectivity index (χ3n) is 1.13. The molecule has 0 radical (unpaired) electrons. The fourth-order valence-corrected chi connectivity index (χ4v) is 1.33. The number of rotatable bonds is 3. The molecule has 0 fully saturated rings. The summed E-state index contributed by atoms with van der Waals surface area (Å²) >= 11 is 6.71. The molecule has 0 saturated heterocycles. The van der Waals surface area contributed by atoms with Crippen molar-refractivity contribution in [1.29, 1.82) is 0 Å². The number of anilines is 1. The highest BCUT2D eigenvalue weighted by Crippen LogP contribution is 2.12. The van der Waals surface area contributed by atoms with Crippen LogP contribution in [0, 0.1) is 6.92 Å². The topological polar surface area (TPSA) is 66.9 Å². The van der Waals surface area contributed by atoms with E-state index in [1.807, 2.05) is 6.92 Å². The molecule has 0 bridgehead atoms. The Morgan fingerprint density at radius 1 is 1.62 bits per heavy atom. The average Bonchev–Trinajstić information content (AvgIpc) is 2.48. The largest absolute Gasteiger partial charge is 0.337 e. The fourth-order valence-electron chi connectivity index (χ4n) is 0.649. The number of nitrogens with zero attached hydrogens (tertiary/aromatic N) is 2. The van der Waals surface area contributed by atoms with Crippen molar-refractivity contribution in [3.8, 4) is 0 Å². The smallest absolute Gasteiger partial charge is 0.321 e. The molecule has 0 saturated carbocycles. The second-order valence-electron chi connectivity index (χ2n) is 2.20. The minimum absolute atomic E-state index is 0.309. The Morgan fingerprint density at radius 2 is 2.38 bits per heavy atom. The second kappa shape index (κ2) is 4.98. The summed E-state index contributed by atoms with van der Waals surface area (Å²) in [5, 5.41) is 13.9. The molecule has 0 aliphatic carbocycles. The number of amides is 2. The van der Waals surface area contributed by atoms with Crippen LogP contribution in [0.3, 0.4) is 0 Å². The molecular formula is C6H9ClN4OS. The number of aryl methyl sites for hydroxylation is 1. The molecular weight excluding hydrogens is 212 g/mol. The number of hydrogen-bond donors (Lipinski definition) is 2. The van der Waals surface area contributed by atoms with E-state index >= 15 is 0 Å². The van der Waals surface area contributed by atoms with Gasteiger partial charge in [0.15, 0.2) is 0 Å². The average molecular weight is 221 g/mol. The van der Waals surface area contributed by atoms with Gasteiger partial charge in [0.25, 0.3) is 0 Å². The highest BCUT2D eigenvalue weighted by Gasteiger charge is 2.04. The Balaban J connectivity index is 2.36. The van der Waals surface area contributed by atoms with Crippen molar-refractivity contribution in [3.05, 3.63) is 5.01 Å². The highest BCUT2D eigenvalue weighted by atomic mass is 35.5.